The van der Waals surface area contributed by atoms with E-state index < -0.39 is 0 Å². The summed E-state index contributed by atoms with van der Waals surface area (Å²) in [6.07, 6.45) is 1.41. The Labute approximate surface area is 118 Å². The second-order valence-electron chi connectivity index (χ2n) is 4.70. The van der Waals surface area contributed by atoms with E-state index in [-0.39, 0.29) is 5.91 Å². The van der Waals surface area contributed by atoms with E-state index in [0.717, 1.165) is 16.8 Å². The maximum atomic E-state index is 12.4. The minimum absolute atomic E-state index is 0.191. The van der Waals surface area contributed by atoms with Crippen LogP contribution in [0, 0.1) is 25.2 Å². The number of amides is 1. The molecule has 1 heterocycles. The highest BCUT2D eigenvalue weighted by Gasteiger charge is 2.16. The molecule has 0 N–H and O–H groups in total. The van der Waals surface area contributed by atoms with Crippen LogP contribution in [0.1, 0.15) is 27.2 Å². The van der Waals surface area contributed by atoms with E-state index >= 15 is 0 Å². The first kappa shape index (κ1) is 13.8. The molecular weight excluding hydrogens is 250 g/mol. The Kier molecular flexibility index (Phi) is 3.81. The zero-order valence-corrected chi connectivity index (χ0v) is 11.7. The van der Waals surface area contributed by atoms with Crippen molar-refractivity contribution in [2.45, 2.75) is 13.8 Å². The summed E-state index contributed by atoms with van der Waals surface area (Å²) >= 11 is 0. The minimum atomic E-state index is -0.191. The van der Waals surface area contributed by atoms with Gasteiger partial charge in [-0.05, 0) is 43.2 Å². The highest BCUT2D eigenvalue weighted by Crippen LogP contribution is 2.21. The van der Waals surface area contributed by atoms with Crippen LogP contribution < -0.4 is 4.90 Å². The van der Waals surface area contributed by atoms with E-state index in [1.54, 1.807) is 24.1 Å². The Morgan fingerprint density at radius 3 is 2.60 bits per heavy atom. The molecule has 4 nitrogen and oxygen atoms in total. The summed E-state index contributed by atoms with van der Waals surface area (Å²) in [4.78, 5) is 18.0. The fourth-order valence-corrected chi connectivity index (χ4v) is 1.95. The van der Waals surface area contributed by atoms with Crippen molar-refractivity contribution in [1.82, 2.24) is 4.98 Å². The summed E-state index contributed by atoms with van der Waals surface area (Å²) in [6, 6.07) is 11.1. The predicted octanol–water partition coefficient (Wildman–Crippen LogP) is 2.85. The Balaban J connectivity index is 2.32. The lowest BCUT2D eigenvalue weighted by molar-refractivity contribution is 0.0988. The average molecular weight is 265 g/mol. The Bertz CT molecular complexity index is 684. The molecule has 1 amide bonds. The van der Waals surface area contributed by atoms with Gasteiger partial charge in [-0.1, -0.05) is 12.1 Å². The van der Waals surface area contributed by atoms with Crippen LogP contribution in [0.3, 0.4) is 0 Å². The third-order valence-electron chi connectivity index (χ3n) is 3.14. The van der Waals surface area contributed by atoms with Gasteiger partial charge in [0.2, 0.25) is 0 Å². The Morgan fingerprint density at radius 2 is 2.00 bits per heavy atom. The predicted molar refractivity (Wildman–Crippen MR) is 77.6 cm³/mol. The topological polar surface area (TPSA) is 57.0 Å². The fraction of sp³-hybridized carbons (Fsp3) is 0.188. The Hall–Kier alpha value is -2.67. The van der Waals surface area contributed by atoms with Crippen molar-refractivity contribution in [3.8, 4) is 6.07 Å². The van der Waals surface area contributed by atoms with Gasteiger partial charge in [-0.2, -0.15) is 5.26 Å². The van der Waals surface area contributed by atoms with Gasteiger partial charge in [-0.25, -0.2) is 4.98 Å². The summed E-state index contributed by atoms with van der Waals surface area (Å²) in [5, 5.41) is 8.74. The summed E-state index contributed by atoms with van der Waals surface area (Å²) < 4.78 is 0. The maximum Gasteiger partial charge on any atom is 0.276 e. The largest absolute Gasteiger partial charge is 0.310 e. The highest BCUT2D eigenvalue weighted by molar-refractivity contribution is 6.04. The first-order valence-electron chi connectivity index (χ1n) is 6.24. The van der Waals surface area contributed by atoms with E-state index in [4.69, 9.17) is 5.26 Å². The van der Waals surface area contributed by atoms with Gasteiger partial charge in [-0.3, -0.25) is 4.79 Å². The van der Waals surface area contributed by atoms with Crippen LogP contribution >= 0.6 is 0 Å². The summed E-state index contributed by atoms with van der Waals surface area (Å²) in [7, 11) is 1.73. The minimum Gasteiger partial charge on any atom is -0.310 e. The summed E-state index contributed by atoms with van der Waals surface area (Å²) in [5.41, 5.74) is 3.75. The van der Waals surface area contributed by atoms with E-state index in [0.29, 0.717) is 11.3 Å². The van der Waals surface area contributed by atoms with Gasteiger partial charge in [0.05, 0.1) is 5.56 Å². The molecule has 0 aliphatic heterocycles. The number of aromatic nitrogens is 1. The smallest absolute Gasteiger partial charge is 0.276 e. The van der Waals surface area contributed by atoms with Gasteiger partial charge >= 0.3 is 0 Å². The van der Waals surface area contributed by atoms with Crippen LogP contribution in [-0.2, 0) is 0 Å². The third-order valence-corrected chi connectivity index (χ3v) is 3.14. The van der Waals surface area contributed by atoms with Crippen molar-refractivity contribution in [1.29, 1.82) is 5.26 Å². The fourth-order valence-electron chi connectivity index (χ4n) is 1.95. The number of hydrogen-bond acceptors (Lipinski definition) is 3. The maximum absolute atomic E-state index is 12.4. The monoisotopic (exact) mass is 265 g/mol. The lowest BCUT2D eigenvalue weighted by Gasteiger charge is -2.19. The number of anilines is 1. The molecule has 0 aliphatic carbocycles. The molecule has 0 spiro atoms. The van der Waals surface area contributed by atoms with Crippen molar-refractivity contribution in [3.63, 3.8) is 0 Å². The van der Waals surface area contributed by atoms with Crippen molar-refractivity contribution in [3.05, 3.63) is 58.9 Å². The molecule has 0 fully saturated rings. The van der Waals surface area contributed by atoms with Crippen LogP contribution in [0.25, 0.3) is 0 Å². The van der Waals surface area contributed by atoms with Gasteiger partial charge in [0.1, 0.15) is 11.8 Å². The first-order valence-corrected chi connectivity index (χ1v) is 6.24. The average Bonchev–Trinajstić information content (AvgIpc) is 2.48. The van der Waals surface area contributed by atoms with Crippen LogP contribution in [-0.4, -0.2) is 17.9 Å². The van der Waals surface area contributed by atoms with Crippen LogP contribution in [0.5, 0.6) is 0 Å². The normalized spacial score (nSPS) is 9.90. The van der Waals surface area contributed by atoms with E-state index in [9.17, 15) is 4.79 Å². The van der Waals surface area contributed by atoms with Gasteiger partial charge < -0.3 is 4.90 Å². The number of carbonyl (C=O) groups excluding carboxylic acids is 1. The van der Waals surface area contributed by atoms with Crippen molar-refractivity contribution in [2.24, 2.45) is 0 Å². The number of aryl methyl sites for hydroxylation is 2. The number of rotatable bonds is 2. The van der Waals surface area contributed by atoms with Gasteiger partial charge in [0.15, 0.2) is 0 Å². The van der Waals surface area contributed by atoms with Crippen molar-refractivity contribution < 1.29 is 4.79 Å². The molecule has 2 rings (SSSR count). The zero-order valence-electron chi connectivity index (χ0n) is 11.7. The van der Waals surface area contributed by atoms with Gasteiger partial charge in [0.25, 0.3) is 5.91 Å². The molecule has 4 heteroatoms. The molecule has 0 saturated heterocycles. The second kappa shape index (κ2) is 5.54. The molecule has 100 valence electrons. The molecule has 0 saturated carbocycles. The number of hydrogen-bond donors (Lipinski definition) is 0. The zero-order chi connectivity index (χ0) is 14.7. The molecule has 20 heavy (non-hydrogen) atoms. The molecule has 1 aromatic carbocycles. The molecule has 0 aliphatic rings. The molecule has 0 bridgehead atoms. The second-order valence-corrected chi connectivity index (χ2v) is 4.70. The van der Waals surface area contributed by atoms with E-state index in [1.165, 1.54) is 6.20 Å². The van der Waals surface area contributed by atoms with Crippen LogP contribution in [0.4, 0.5) is 5.69 Å². The summed E-state index contributed by atoms with van der Waals surface area (Å²) in [5.74, 6) is -0.191. The van der Waals surface area contributed by atoms with Gasteiger partial charge in [0, 0.05) is 18.9 Å². The molecule has 2 aromatic rings. The van der Waals surface area contributed by atoms with Crippen LogP contribution in [0.15, 0.2) is 36.5 Å². The molecule has 0 radical (unpaired) electrons. The van der Waals surface area contributed by atoms with E-state index in [2.05, 4.69) is 4.98 Å². The quantitative estimate of drug-likeness (QED) is 0.839. The number of nitriles is 1. The number of carbonyl (C=O) groups is 1. The number of benzene rings is 1. The van der Waals surface area contributed by atoms with Crippen molar-refractivity contribution >= 4 is 11.6 Å². The van der Waals surface area contributed by atoms with Crippen molar-refractivity contribution in [2.75, 3.05) is 11.9 Å². The summed E-state index contributed by atoms with van der Waals surface area (Å²) in [6.45, 7) is 3.95. The highest BCUT2D eigenvalue weighted by atomic mass is 16.2. The van der Waals surface area contributed by atoms with Gasteiger partial charge in [-0.15, -0.1) is 0 Å². The lowest BCUT2D eigenvalue weighted by Crippen LogP contribution is -2.27. The standard InChI is InChI=1S/C16H15N3O/c1-11-4-5-12(2)15(8-11)19(3)16(20)14-7-6-13(9-17)10-18-14/h4-8,10H,1-3H3. The van der Waals surface area contributed by atoms with E-state index in [1.807, 2.05) is 38.1 Å². The number of nitrogens with zero attached hydrogens (tertiary/aromatic N) is 3. The molecule has 1 aromatic heterocycles. The molecule has 0 unspecified atom stereocenters. The Morgan fingerprint density at radius 1 is 1.25 bits per heavy atom. The SMILES string of the molecule is Cc1ccc(C)c(N(C)C(=O)c2ccc(C#N)cn2)c1. The molecular formula is C16H15N3O. The third kappa shape index (κ3) is 2.67. The lowest BCUT2D eigenvalue weighted by atomic mass is 10.1. The van der Waals surface area contributed by atoms with Crippen LogP contribution in [0.2, 0.25) is 0 Å². The first-order chi connectivity index (χ1) is 9.52. The number of pyridine rings is 1. The molecule has 0 atom stereocenters.